The molecular formula is C21H31N3O3. The van der Waals surface area contributed by atoms with Crippen molar-refractivity contribution in [3.63, 3.8) is 0 Å². The highest BCUT2D eigenvalue weighted by atomic mass is 16.5. The first-order valence-electron chi connectivity index (χ1n) is 10.0. The quantitative estimate of drug-likeness (QED) is 0.745. The number of ether oxygens (including phenoxy) is 1. The number of hydrogen-bond donors (Lipinski definition) is 1. The molecule has 27 heavy (non-hydrogen) atoms. The van der Waals surface area contributed by atoms with E-state index in [0.717, 1.165) is 25.8 Å². The molecule has 1 unspecified atom stereocenters. The highest BCUT2D eigenvalue weighted by Gasteiger charge is 2.38. The molecule has 0 radical (unpaired) electrons. The molecule has 1 saturated heterocycles. The molecule has 148 valence electrons. The van der Waals surface area contributed by atoms with Gasteiger partial charge in [-0.3, -0.25) is 14.5 Å². The zero-order chi connectivity index (χ0) is 19.2. The van der Waals surface area contributed by atoms with Crippen LogP contribution in [0.2, 0.25) is 0 Å². The lowest BCUT2D eigenvalue weighted by Gasteiger charge is -2.39. The number of nitrogens with one attached hydrogen (secondary N) is 1. The molecule has 0 saturated carbocycles. The van der Waals surface area contributed by atoms with Crippen LogP contribution in [-0.4, -0.2) is 73.6 Å². The van der Waals surface area contributed by atoms with E-state index in [9.17, 15) is 9.59 Å². The summed E-state index contributed by atoms with van der Waals surface area (Å²) in [4.78, 5) is 29.6. The number of nitrogens with zero attached hydrogens (tertiary/aromatic N) is 2. The van der Waals surface area contributed by atoms with Crippen LogP contribution in [-0.2, 0) is 27.2 Å². The van der Waals surface area contributed by atoms with Gasteiger partial charge in [0.15, 0.2) is 0 Å². The van der Waals surface area contributed by atoms with Crippen LogP contribution in [0.4, 0.5) is 0 Å². The van der Waals surface area contributed by atoms with Gasteiger partial charge in [-0.1, -0.05) is 31.2 Å². The molecule has 3 rings (SSSR count). The van der Waals surface area contributed by atoms with Crippen LogP contribution in [0.3, 0.4) is 0 Å². The Morgan fingerprint density at radius 2 is 1.96 bits per heavy atom. The minimum absolute atomic E-state index is 0.0197. The second kappa shape index (κ2) is 9.33. The third kappa shape index (κ3) is 4.68. The van der Waals surface area contributed by atoms with E-state index in [1.165, 1.54) is 11.1 Å². The molecule has 1 N–H and O–H groups in total. The predicted octanol–water partition coefficient (Wildman–Crippen LogP) is 1.23. The molecule has 1 aliphatic carbocycles. The first-order chi connectivity index (χ1) is 13.1. The third-order valence-electron chi connectivity index (χ3n) is 5.65. The maximum atomic E-state index is 12.9. The fraction of sp³-hybridized carbons (Fsp3) is 0.619. The number of hydrogen-bond acceptors (Lipinski definition) is 4. The molecule has 2 aliphatic rings. The van der Waals surface area contributed by atoms with E-state index >= 15 is 0 Å². The Balaban J connectivity index is 1.69. The summed E-state index contributed by atoms with van der Waals surface area (Å²) >= 11 is 0. The number of carbonyl (C=O) groups is 2. The Bertz CT molecular complexity index is 639. The molecule has 1 aromatic carbocycles. The normalized spacial score (nSPS) is 20.4. The van der Waals surface area contributed by atoms with E-state index in [1.807, 2.05) is 4.90 Å². The van der Waals surface area contributed by atoms with Crippen molar-refractivity contribution >= 4 is 11.8 Å². The summed E-state index contributed by atoms with van der Waals surface area (Å²) in [6.07, 6.45) is 3.04. The second-order valence-electron chi connectivity index (χ2n) is 7.45. The number of piperazine rings is 1. The molecule has 6 heteroatoms. The van der Waals surface area contributed by atoms with Crippen LogP contribution in [0, 0.1) is 0 Å². The summed E-state index contributed by atoms with van der Waals surface area (Å²) in [6.45, 7) is 5.30. The Labute approximate surface area is 161 Å². The van der Waals surface area contributed by atoms with Crippen LogP contribution in [0.5, 0.6) is 0 Å². The van der Waals surface area contributed by atoms with Gasteiger partial charge in [-0.05, 0) is 30.4 Å². The van der Waals surface area contributed by atoms with Crippen LogP contribution in [0.15, 0.2) is 24.3 Å². The van der Waals surface area contributed by atoms with Crippen molar-refractivity contribution in [3.8, 4) is 0 Å². The SMILES string of the molecule is CCCN(CCOC)C(=O)CC1C(=O)NCCN1C1Cc2ccccc2C1. The fourth-order valence-corrected chi connectivity index (χ4v) is 4.28. The molecule has 0 aromatic heterocycles. The van der Waals surface area contributed by atoms with E-state index in [2.05, 4.69) is 41.4 Å². The van der Waals surface area contributed by atoms with E-state index in [0.29, 0.717) is 32.3 Å². The minimum atomic E-state index is -0.382. The highest BCUT2D eigenvalue weighted by Crippen LogP contribution is 2.28. The van der Waals surface area contributed by atoms with Crippen molar-refractivity contribution in [2.45, 2.75) is 44.7 Å². The number of amides is 2. The van der Waals surface area contributed by atoms with Crippen LogP contribution < -0.4 is 5.32 Å². The zero-order valence-electron chi connectivity index (χ0n) is 16.4. The van der Waals surface area contributed by atoms with Crippen molar-refractivity contribution in [3.05, 3.63) is 35.4 Å². The molecular weight excluding hydrogens is 342 g/mol. The van der Waals surface area contributed by atoms with E-state index < -0.39 is 0 Å². The average Bonchev–Trinajstić information content (AvgIpc) is 3.10. The van der Waals surface area contributed by atoms with Gasteiger partial charge in [-0.2, -0.15) is 0 Å². The molecule has 1 aliphatic heterocycles. The highest BCUT2D eigenvalue weighted by molar-refractivity contribution is 5.89. The van der Waals surface area contributed by atoms with Crippen LogP contribution in [0.25, 0.3) is 0 Å². The monoisotopic (exact) mass is 373 g/mol. The van der Waals surface area contributed by atoms with Crippen LogP contribution >= 0.6 is 0 Å². The second-order valence-corrected chi connectivity index (χ2v) is 7.45. The lowest BCUT2D eigenvalue weighted by molar-refractivity contribution is -0.140. The van der Waals surface area contributed by atoms with Gasteiger partial charge in [0, 0.05) is 39.3 Å². The molecule has 1 fully saturated rings. The van der Waals surface area contributed by atoms with Gasteiger partial charge in [-0.15, -0.1) is 0 Å². The van der Waals surface area contributed by atoms with Gasteiger partial charge in [0.2, 0.25) is 11.8 Å². The number of benzene rings is 1. The molecule has 1 heterocycles. The van der Waals surface area contributed by atoms with Crippen molar-refractivity contribution in [2.75, 3.05) is 39.9 Å². The van der Waals surface area contributed by atoms with Gasteiger partial charge < -0.3 is 15.0 Å². The minimum Gasteiger partial charge on any atom is -0.383 e. The number of methoxy groups -OCH3 is 1. The largest absolute Gasteiger partial charge is 0.383 e. The van der Waals surface area contributed by atoms with Gasteiger partial charge in [0.25, 0.3) is 0 Å². The Morgan fingerprint density at radius 3 is 2.59 bits per heavy atom. The summed E-state index contributed by atoms with van der Waals surface area (Å²) in [6, 6.07) is 8.41. The summed E-state index contributed by atoms with van der Waals surface area (Å²) in [5, 5.41) is 2.95. The van der Waals surface area contributed by atoms with Gasteiger partial charge in [0.05, 0.1) is 19.1 Å². The number of carbonyl (C=O) groups excluding carboxylic acids is 2. The molecule has 0 spiro atoms. The van der Waals surface area contributed by atoms with Gasteiger partial charge >= 0.3 is 0 Å². The summed E-state index contributed by atoms with van der Waals surface area (Å²) in [7, 11) is 1.64. The van der Waals surface area contributed by atoms with E-state index in [4.69, 9.17) is 4.74 Å². The fourth-order valence-electron chi connectivity index (χ4n) is 4.28. The zero-order valence-corrected chi connectivity index (χ0v) is 16.4. The smallest absolute Gasteiger partial charge is 0.237 e. The van der Waals surface area contributed by atoms with Gasteiger partial charge in [0.1, 0.15) is 0 Å². The first kappa shape index (κ1) is 19.8. The number of fused-ring (bicyclic) bond motifs is 1. The van der Waals surface area contributed by atoms with Crippen molar-refractivity contribution in [1.82, 2.24) is 15.1 Å². The Kier molecular flexibility index (Phi) is 6.85. The third-order valence-corrected chi connectivity index (χ3v) is 5.65. The standard InChI is InChI=1S/C21H31N3O3/c1-3-9-23(11-12-27-2)20(25)15-19-21(26)22-8-10-24(19)18-13-16-6-4-5-7-17(16)14-18/h4-7,18-19H,3,8-15H2,1-2H3,(H,22,26). The lowest BCUT2D eigenvalue weighted by atomic mass is 10.0. The maximum absolute atomic E-state index is 12.9. The average molecular weight is 373 g/mol. The molecule has 6 nitrogen and oxygen atoms in total. The summed E-state index contributed by atoms with van der Waals surface area (Å²) < 4.78 is 5.13. The van der Waals surface area contributed by atoms with Crippen LogP contribution in [0.1, 0.15) is 30.9 Å². The van der Waals surface area contributed by atoms with E-state index in [-0.39, 0.29) is 24.3 Å². The Hall–Kier alpha value is -1.92. The maximum Gasteiger partial charge on any atom is 0.237 e. The first-order valence-corrected chi connectivity index (χ1v) is 10.0. The summed E-state index contributed by atoms with van der Waals surface area (Å²) in [5.74, 6) is 0.0187. The van der Waals surface area contributed by atoms with Crippen molar-refractivity contribution in [2.24, 2.45) is 0 Å². The van der Waals surface area contributed by atoms with Crippen molar-refractivity contribution in [1.29, 1.82) is 0 Å². The van der Waals surface area contributed by atoms with E-state index in [1.54, 1.807) is 7.11 Å². The summed E-state index contributed by atoms with van der Waals surface area (Å²) in [5.41, 5.74) is 2.73. The molecule has 2 amide bonds. The molecule has 0 bridgehead atoms. The Morgan fingerprint density at radius 1 is 1.26 bits per heavy atom. The molecule has 1 atom stereocenters. The predicted molar refractivity (Wildman–Crippen MR) is 105 cm³/mol. The van der Waals surface area contributed by atoms with Crippen molar-refractivity contribution < 1.29 is 14.3 Å². The topological polar surface area (TPSA) is 61.9 Å². The molecule has 1 aromatic rings. The van der Waals surface area contributed by atoms with Gasteiger partial charge in [-0.25, -0.2) is 0 Å². The lowest BCUT2D eigenvalue weighted by Crippen LogP contribution is -2.60. The number of rotatable bonds is 8.